The molecule has 0 aliphatic carbocycles. The highest BCUT2D eigenvalue weighted by molar-refractivity contribution is 5.94. The molecule has 2 aliphatic heterocycles. The van der Waals surface area contributed by atoms with Crippen LogP contribution in [-0.4, -0.2) is 72.8 Å². The molecule has 2 saturated heterocycles. The van der Waals surface area contributed by atoms with E-state index in [2.05, 4.69) is 16.3 Å². The molecule has 0 bridgehead atoms. The summed E-state index contributed by atoms with van der Waals surface area (Å²) < 4.78 is 10.8. The third kappa shape index (κ3) is 6.72. The zero-order valence-corrected chi connectivity index (χ0v) is 17.8. The van der Waals surface area contributed by atoms with Crippen LogP contribution in [0.1, 0.15) is 49.5 Å². The van der Waals surface area contributed by atoms with Crippen molar-refractivity contribution in [2.75, 3.05) is 39.4 Å². The van der Waals surface area contributed by atoms with Crippen LogP contribution < -0.4 is 5.32 Å². The highest BCUT2D eigenvalue weighted by Gasteiger charge is 2.27. The third-order valence-corrected chi connectivity index (χ3v) is 5.18. The summed E-state index contributed by atoms with van der Waals surface area (Å²) in [6.45, 7) is 11.0. The topological polar surface area (TPSA) is 71.1 Å². The van der Waals surface area contributed by atoms with Gasteiger partial charge in [-0.3, -0.25) is 9.69 Å². The smallest absolute Gasteiger partial charge is 0.410 e. The minimum absolute atomic E-state index is 0.0513. The van der Waals surface area contributed by atoms with Crippen molar-refractivity contribution >= 4 is 12.0 Å². The number of ether oxygens (including phenoxy) is 2. The Labute approximate surface area is 173 Å². The monoisotopic (exact) mass is 403 g/mol. The normalized spacial score (nSPS) is 19.1. The van der Waals surface area contributed by atoms with Crippen molar-refractivity contribution in [1.82, 2.24) is 15.1 Å². The van der Waals surface area contributed by atoms with Crippen LogP contribution in [0.3, 0.4) is 0 Å². The number of likely N-dealkylation sites (tertiary alicyclic amines) is 1. The van der Waals surface area contributed by atoms with Gasteiger partial charge in [-0.05, 0) is 51.3 Å². The average molecular weight is 404 g/mol. The number of amides is 2. The Balaban J connectivity index is 1.48. The maximum Gasteiger partial charge on any atom is 0.410 e. The van der Waals surface area contributed by atoms with Gasteiger partial charge in [0.2, 0.25) is 0 Å². The molecule has 7 nitrogen and oxygen atoms in total. The first kappa shape index (κ1) is 21.6. The Morgan fingerprint density at radius 2 is 1.83 bits per heavy atom. The molecule has 29 heavy (non-hydrogen) atoms. The number of nitrogens with one attached hydrogen (secondary N) is 1. The van der Waals surface area contributed by atoms with Crippen molar-refractivity contribution in [3.8, 4) is 0 Å². The van der Waals surface area contributed by atoms with Crippen molar-refractivity contribution in [1.29, 1.82) is 0 Å². The van der Waals surface area contributed by atoms with Gasteiger partial charge in [0.25, 0.3) is 5.91 Å². The predicted octanol–water partition coefficient (Wildman–Crippen LogP) is 2.65. The molecule has 0 unspecified atom stereocenters. The summed E-state index contributed by atoms with van der Waals surface area (Å²) in [5, 5.41) is 3.12. The van der Waals surface area contributed by atoms with Gasteiger partial charge in [-0.1, -0.05) is 12.1 Å². The highest BCUT2D eigenvalue weighted by Crippen LogP contribution is 2.16. The van der Waals surface area contributed by atoms with Crippen molar-refractivity contribution in [3.05, 3.63) is 35.4 Å². The van der Waals surface area contributed by atoms with Crippen LogP contribution in [0.2, 0.25) is 0 Å². The molecule has 0 aromatic heterocycles. The fourth-order valence-corrected chi connectivity index (χ4v) is 3.63. The second kappa shape index (κ2) is 9.59. The summed E-state index contributed by atoms with van der Waals surface area (Å²) in [5.41, 5.74) is 1.33. The lowest BCUT2D eigenvalue weighted by Crippen LogP contribution is -2.47. The number of piperidine rings is 1. The maximum absolute atomic E-state index is 12.7. The molecular formula is C22H33N3O4. The number of carbonyl (C=O) groups excluding carboxylic acids is 2. The lowest BCUT2D eigenvalue weighted by Gasteiger charge is -2.33. The van der Waals surface area contributed by atoms with Gasteiger partial charge < -0.3 is 19.7 Å². The second-order valence-corrected chi connectivity index (χ2v) is 8.80. The Morgan fingerprint density at radius 3 is 2.48 bits per heavy atom. The first-order valence-electron chi connectivity index (χ1n) is 10.5. The lowest BCUT2D eigenvalue weighted by atomic mass is 10.0. The number of morpholine rings is 1. The number of nitrogens with zero attached hydrogens (tertiary/aromatic N) is 2. The average Bonchev–Trinajstić information content (AvgIpc) is 2.68. The van der Waals surface area contributed by atoms with Gasteiger partial charge in [0, 0.05) is 44.3 Å². The molecule has 1 N–H and O–H groups in total. The van der Waals surface area contributed by atoms with Crippen molar-refractivity contribution in [2.24, 2.45) is 0 Å². The molecular weight excluding hydrogens is 370 g/mol. The van der Waals surface area contributed by atoms with E-state index in [4.69, 9.17) is 9.47 Å². The van der Waals surface area contributed by atoms with Gasteiger partial charge >= 0.3 is 6.09 Å². The van der Waals surface area contributed by atoms with E-state index in [1.54, 1.807) is 4.90 Å². The largest absolute Gasteiger partial charge is 0.444 e. The van der Waals surface area contributed by atoms with E-state index in [0.717, 1.165) is 51.3 Å². The molecule has 1 aromatic carbocycles. The predicted molar refractivity (Wildman–Crippen MR) is 111 cm³/mol. The minimum atomic E-state index is -0.492. The van der Waals surface area contributed by atoms with E-state index < -0.39 is 5.60 Å². The van der Waals surface area contributed by atoms with Gasteiger partial charge in [-0.25, -0.2) is 4.79 Å². The number of rotatable bonds is 4. The quantitative estimate of drug-likeness (QED) is 0.837. The number of hydrogen-bond donors (Lipinski definition) is 1. The molecule has 2 heterocycles. The summed E-state index contributed by atoms with van der Waals surface area (Å²) in [5.74, 6) is -0.0513. The molecule has 0 atom stereocenters. The summed E-state index contributed by atoms with van der Waals surface area (Å²) >= 11 is 0. The minimum Gasteiger partial charge on any atom is -0.444 e. The third-order valence-electron chi connectivity index (χ3n) is 5.18. The SMILES string of the molecule is CC(C)(C)OC(=O)N1CCC(NC(=O)c2cccc(CN3CCOCC3)c2)CC1. The van der Waals surface area contributed by atoms with E-state index in [0.29, 0.717) is 18.7 Å². The van der Waals surface area contributed by atoms with Crippen LogP contribution in [-0.2, 0) is 16.0 Å². The summed E-state index contributed by atoms with van der Waals surface area (Å²) in [6, 6.07) is 7.90. The molecule has 2 aliphatic rings. The fourth-order valence-electron chi connectivity index (χ4n) is 3.63. The summed E-state index contributed by atoms with van der Waals surface area (Å²) in [6.07, 6.45) is 1.19. The second-order valence-electron chi connectivity index (χ2n) is 8.80. The molecule has 3 rings (SSSR count). The number of carbonyl (C=O) groups is 2. The number of hydrogen-bond acceptors (Lipinski definition) is 5. The standard InChI is InChI=1S/C22H33N3O4/c1-22(2,3)29-21(27)25-9-7-19(8-10-25)23-20(26)18-6-4-5-17(15-18)16-24-11-13-28-14-12-24/h4-6,15,19H,7-14,16H2,1-3H3,(H,23,26). The van der Waals surface area contributed by atoms with E-state index >= 15 is 0 Å². The van der Waals surface area contributed by atoms with Gasteiger partial charge in [0.15, 0.2) is 0 Å². The molecule has 2 fully saturated rings. The molecule has 0 radical (unpaired) electrons. The Bertz CT molecular complexity index is 702. The van der Waals surface area contributed by atoms with Gasteiger partial charge in [0.1, 0.15) is 5.60 Å². The van der Waals surface area contributed by atoms with Gasteiger partial charge in [0.05, 0.1) is 13.2 Å². The van der Waals surface area contributed by atoms with Crippen LogP contribution in [0.25, 0.3) is 0 Å². The van der Waals surface area contributed by atoms with Crippen LogP contribution in [0, 0.1) is 0 Å². The van der Waals surface area contributed by atoms with Crippen LogP contribution in [0.15, 0.2) is 24.3 Å². The van der Waals surface area contributed by atoms with E-state index in [1.807, 2.05) is 39.0 Å². The summed E-state index contributed by atoms with van der Waals surface area (Å²) in [7, 11) is 0. The van der Waals surface area contributed by atoms with Crippen LogP contribution in [0.5, 0.6) is 0 Å². The molecule has 2 amide bonds. The van der Waals surface area contributed by atoms with E-state index in [-0.39, 0.29) is 18.0 Å². The van der Waals surface area contributed by atoms with Gasteiger partial charge in [-0.15, -0.1) is 0 Å². The van der Waals surface area contributed by atoms with Crippen molar-refractivity contribution in [3.63, 3.8) is 0 Å². The van der Waals surface area contributed by atoms with Gasteiger partial charge in [-0.2, -0.15) is 0 Å². The van der Waals surface area contributed by atoms with E-state index in [1.165, 1.54) is 0 Å². The molecule has 0 saturated carbocycles. The zero-order chi connectivity index (χ0) is 20.9. The first-order chi connectivity index (χ1) is 13.8. The highest BCUT2D eigenvalue weighted by atomic mass is 16.6. The first-order valence-corrected chi connectivity index (χ1v) is 10.5. The zero-order valence-electron chi connectivity index (χ0n) is 17.8. The Kier molecular flexibility index (Phi) is 7.14. The van der Waals surface area contributed by atoms with Crippen LogP contribution in [0.4, 0.5) is 4.79 Å². The Morgan fingerprint density at radius 1 is 1.14 bits per heavy atom. The van der Waals surface area contributed by atoms with E-state index in [9.17, 15) is 9.59 Å². The number of benzene rings is 1. The maximum atomic E-state index is 12.7. The molecule has 0 spiro atoms. The Hall–Kier alpha value is -2.12. The van der Waals surface area contributed by atoms with Crippen LogP contribution >= 0.6 is 0 Å². The molecule has 1 aromatic rings. The molecule has 160 valence electrons. The lowest BCUT2D eigenvalue weighted by molar-refractivity contribution is 0.0199. The van der Waals surface area contributed by atoms with Crippen molar-refractivity contribution < 1.29 is 19.1 Å². The fraction of sp³-hybridized carbons (Fsp3) is 0.636. The van der Waals surface area contributed by atoms with Crippen molar-refractivity contribution in [2.45, 2.75) is 51.8 Å². The molecule has 7 heteroatoms. The summed E-state index contributed by atoms with van der Waals surface area (Å²) in [4.78, 5) is 28.9.